The van der Waals surface area contributed by atoms with Crippen molar-refractivity contribution in [3.05, 3.63) is 94.2 Å². The number of benzene rings is 2. The van der Waals surface area contributed by atoms with Crippen molar-refractivity contribution in [3.8, 4) is 11.5 Å². The van der Waals surface area contributed by atoms with Gasteiger partial charge in [0.05, 0.1) is 16.1 Å². The molecular formula is C23H20FN7O3. The molecule has 0 amide bonds. The Labute approximate surface area is 193 Å². The topological polar surface area (TPSA) is 133 Å². The summed E-state index contributed by atoms with van der Waals surface area (Å²) in [4.78, 5) is 23.1. The van der Waals surface area contributed by atoms with Crippen LogP contribution in [0, 0.1) is 22.9 Å². The van der Waals surface area contributed by atoms with Crippen LogP contribution < -0.4 is 21.4 Å². The van der Waals surface area contributed by atoms with Crippen molar-refractivity contribution in [3.63, 3.8) is 0 Å². The van der Waals surface area contributed by atoms with Gasteiger partial charge in [-0.05, 0) is 38.1 Å². The van der Waals surface area contributed by atoms with E-state index in [-0.39, 0.29) is 22.8 Å². The van der Waals surface area contributed by atoms with E-state index >= 15 is 4.39 Å². The first kappa shape index (κ1) is 22.4. The summed E-state index contributed by atoms with van der Waals surface area (Å²) < 4.78 is 22.4. The molecule has 2 aromatic heterocycles. The molecule has 0 aliphatic carbocycles. The highest BCUT2D eigenvalue weighted by Gasteiger charge is 2.15. The molecule has 34 heavy (non-hydrogen) atoms. The summed E-state index contributed by atoms with van der Waals surface area (Å²) >= 11 is 0. The van der Waals surface area contributed by atoms with Gasteiger partial charge in [-0.2, -0.15) is 0 Å². The van der Waals surface area contributed by atoms with E-state index in [2.05, 4.69) is 20.3 Å². The molecule has 0 spiro atoms. The number of pyridine rings is 1. The number of fused-ring (bicyclic) bond motifs is 1. The van der Waals surface area contributed by atoms with Crippen molar-refractivity contribution < 1.29 is 14.1 Å². The number of ether oxygens (including phenoxy) is 1. The number of nitro benzene ring substituents is 1. The second-order valence-corrected chi connectivity index (χ2v) is 7.20. The number of non-ortho nitro benzene ring substituents is 1. The zero-order chi connectivity index (χ0) is 24.2. The molecule has 3 N–H and O–H groups in total. The normalized spacial score (nSPS) is 11.8. The van der Waals surface area contributed by atoms with Gasteiger partial charge in [-0.1, -0.05) is 6.08 Å². The van der Waals surface area contributed by atoms with Gasteiger partial charge < -0.3 is 15.9 Å². The van der Waals surface area contributed by atoms with Crippen LogP contribution in [0.4, 0.5) is 21.6 Å². The zero-order valence-corrected chi connectivity index (χ0v) is 18.3. The highest BCUT2D eigenvalue weighted by molar-refractivity contribution is 5.92. The van der Waals surface area contributed by atoms with Crippen molar-refractivity contribution in [2.75, 3.05) is 11.2 Å². The number of nitrogens with zero attached hydrogens (tertiary/aromatic N) is 5. The summed E-state index contributed by atoms with van der Waals surface area (Å²) in [6, 6.07) is 10.6. The van der Waals surface area contributed by atoms with E-state index in [1.54, 1.807) is 43.6 Å². The largest absolute Gasteiger partial charge is 0.457 e. The molecular weight excluding hydrogens is 441 g/mol. The molecule has 4 aromatic rings. The van der Waals surface area contributed by atoms with Crippen molar-refractivity contribution in [1.82, 2.24) is 14.6 Å². The number of aromatic nitrogens is 3. The second kappa shape index (κ2) is 9.36. The number of halogens is 1. The first-order chi connectivity index (χ1) is 16.4. The number of nitrogens with one attached hydrogen (secondary N) is 1. The molecule has 4 rings (SSSR count). The lowest BCUT2D eigenvalue weighted by molar-refractivity contribution is -0.384. The predicted octanol–water partition coefficient (Wildman–Crippen LogP) is 4.47. The molecule has 2 aromatic carbocycles. The third-order valence-corrected chi connectivity index (χ3v) is 4.94. The molecule has 0 bridgehead atoms. The van der Waals surface area contributed by atoms with Crippen LogP contribution in [-0.2, 0) is 0 Å². The fourth-order valence-electron chi connectivity index (χ4n) is 3.19. The molecule has 0 atom stereocenters. The molecule has 0 radical (unpaired) electrons. The van der Waals surface area contributed by atoms with Crippen molar-refractivity contribution in [2.45, 2.75) is 13.8 Å². The summed E-state index contributed by atoms with van der Waals surface area (Å²) in [7, 11) is 0. The Hall–Kier alpha value is -4.80. The Kier molecular flexibility index (Phi) is 6.17. The molecule has 0 saturated heterocycles. The molecule has 10 nitrogen and oxygen atoms in total. The van der Waals surface area contributed by atoms with Crippen LogP contribution in [0.3, 0.4) is 0 Å². The number of nitrogen functional groups attached to an aromatic ring is 1. The molecule has 0 unspecified atom stereocenters. The predicted molar refractivity (Wildman–Crippen MR) is 126 cm³/mol. The Bertz CT molecular complexity index is 1500. The van der Waals surface area contributed by atoms with E-state index in [4.69, 9.17) is 10.6 Å². The van der Waals surface area contributed by atoms with E-state index in [1.807, 2.05) is 6.92 Å². The maximum absolute atomic E-state index is 15.2. The third-order valence-electron chi connectivity index (χ3n) is 4.94. The summed E-state index contributed by atoms with van der Waals surface area (Å²) in [5.41, 5.74) is 1.21. The van der Waals surface area contributed by atoms with Crippen molar-refractivity contribution >= 4 is 28.1 Å². The van der Waals surface area contributed by atoms with Crippen molar-refractivity contribution in [2.24, 2.45) is 4.99 Å². The van der Waals surface area contributed by atoms with Gasteiger partial charge in [0.2, 0.25) is 0 Å². The minimum atomic E-state index is -0.557. The van der Waals surface area contributed by atoms with Gasteiger partial charge in [-0.3, -0.25) is 14.8 Å². The highest BCUT2D eigenvalue weighted by atomic mass is 19.1. The van der Waals surface area contributed by atoms with E-state index in [0.29, 0.717) is 27.9 Å². The Balaban J connectivity index is 1.66. The van der Waals surface area contributed by atoms with E-state index in [1.165, 1.54) is 35.3 Å². The summed E-state index contributed by atoms with van der Waals surface area (Å²) in [6.07, 6.45) is 6.24. The minimum absolute atomic E-state index is 0.118. The monoisotopic (exact) mass is 461 g/mol. The van der Waals surface area contributed by atoms with Crippen LogP contribution in [0.2, 0.25) is 0 Å². The Morgan fingerprint density at radius 1 is 1.24 bits per heavy atom. The van der Waals surface area contributed by atoms with Gasteiger partial charge in [0.25, 0.3) is 5.69 Å². The lowest BCUT2D eigenvalue weighted by atomic mass is 10.1. The highest BCUT2D eigenvalue weighted by Crippen LogP contribution is 2.33. The fraction of sp³-hybridized carbons (Fsp3) is 0.0870. The lowest BCUT2D eigenvalue weighted by Gasteiger charge is -2.14. The standard InChI is InChI=1S/C23H20FN7O3/c1-3-9-26-21-12-16(8-10-30(21)25)34-20-7-6-19(22(24)14(20)2)29-23-17-11-15(31(32)33)4-5-18(17)27-13-28-23/h3-13H,25H2,1-2H3,(H,27,28,29)/b9-3+,26-21-. The first-order valence-electron chi connectivity index (χ1n) is 10.1. The molecule has 0 fully saturated rings. The van der Waals surface area contributed by atoms with E-state index < -0.39 is 10.7 Å². The molecule has 11 heteroatoms. The number of nitrogens with two attached hydrogens (primary N) is 1. The third kappa shape index (κ3) is 4.53. The molecule has 2 heterocycles. The number of nitro groups is 1. The van der Waals surface area contributed by atoms with Crippen LogP contribution in [0.25, 0.3) is 10.9 Å². The van der Waals surface area contributed by atoms with Gasteiger partial charge in [-0.15, -0.1) is 0 Å². The smallest absolute Gasteiger partial charge is 0.270 e. The maximum atomic E-state index is 15.2. The Morgan fingerprint density at radius 3 is 2.82 bits per heavy atom. The summed E-state index contributed by atoms with van der Waals surface area (Å²) in [5.74, 6) is 6.27. The number of rotatable bonds is 6. The fourth-order valence-corrected chi connectivity index (χ4v) is 3.19. The number of hydrogen-bond acceptors (Lipinski definition) is 8. The summed E-state index contributed by atoms with van der Waals surface area (Å²) in [5, 5.41) is 14.4. The van der Waals surface area contributed by atoms with E-state index in [9.17, 15) is 10.1 Å². The molecule has 0 aliphatic rings. The van der Waals surface area contributed by atoms with Crippen LogP contribution in [0.1, 0.15) is 12.5 Å². The van der Waals surface area contributed by atoms with Crippen LogP contribution in [-0.4, -0.2) is 19.6 Å². The second-order valence-electron chi connectivity index (χ2n) is 7.20. The number of anilines is 2. The average Bonchev–Trinajstić information content (AvgIpc) is 2.83. The molecule has 172 valence electrons. The average molecular weight is 461 g/mol. The number of allylic oxidation sites excluding steroid dienone is 1. The number of hydrogen-bond donors (Lipinski definition) is 2. The SMILES string of the molecule is C/C=C/N=c1/cc(Oc2ccc(Nc3ncnc4ccc([N+](=O)[O-])cc34)c(F)c2C)ccn1N. The van der Waals surface area contributed by atoms with Gasteiger partial charge in [0.1, 0.15) is 23.6 Å². The van der Waals surface area contributed by atoms with Crippen LogP contribution in [0.15, 0.2) is 72.3 Å². The molecule has 0 aliphatic heterocycles. The van der Waals surface area contributed by atoms with Gasteiger partial charge in [0, 0.05) is 41.5 Å². The lowest BCUT2D eigenvalue weighted by Crippen LogP contribution is -2.26. The molecule has 0 saturated carbocycles. The minimum Gasteiger partial charge on any atom is -0.457 e. The van der Waals surface area contributed by atoms with Crippen molar-refractivity contribution in [1.29, 1.82) is 0 Å². The zero-order valence-electron chi connectivity index (χ0n) is 18.3. The van der Waals surface area contributed by atoms with Crippen LogP contribution in [0.5, 0.6) is 11.5 Å². The first-order valence-corrected chi connectivity index (χ1v) is 10.1. The quantitative estimate of drug-likeness (QED) is 0.246. The van der Waals surface area contributed by atoms with Crippen LogP contribution >= 0.6 is 0 Å². The van der Waals surface area contributed by atoms with Gasteiger partial charge >= 0.3 is 0 Å². The maximum Gasteiger partial charge on any atom is 0.270 e. The van der Waals surface area contributed by atoms with Gasteiger partial charge in [0.15, 0.2) is 11.3 Å². The summed E-state index contributed by atoms with van der Waals surface area (Å²) in [6.45, 7) is 3.41. The van der Waals surface area contributed by atoms with Gasteiger partial charge in [-0.25, -0.2) is 19.4 Å². The van der Waals surface area contributed by atoms with E-state index in [0.717, 1.165) is 0 Å². The Morgan fingerprint density at radius 2 is 2.06 bits per heavy atom.